The predicted octanol–water partition coefficient (Wildman–Crippen LogP) is 4.14. The first-order valence-electron chi connectivity index (χ1n) is 8.78. The zero-order valence-corrected chi connectivity index (χ0v) is 15.5. The molecule has 2 aromatic carbocycles. The van der Waals surface area contributed by atoms with Crippen molar-refractivity contribution >= 4 is 5.97 Å². The molecular formula is C22H19FN2O3. The third kappa shape index (κ3) is 3.47. The number of esters is 1. The second-order valence-electron chi connectivity index (χ2n) is 6.21. The Balaban J connectivity index is 2.25. The molecule has 0 saturated carbocycles. The molecule has 2 N–H and O–H groups in total. The Labute approximate surface area is 162 Å². The lowest BCUT2D eigenvalue weighted by atomic mass is 9.79. The lowest BCUT2D eigenvalue weighted by Crippen LogP contribution is -2.25. The molecule has 5 nitrogen and oxygen atoms in total. The van der Waals surface area contributed by atoms with Gasteiger partial charge in [-0.25, -0.2) is 9.18 Å². The van der Waals surface area contributed by atoms with E-state index in [0.29, 0.717) is 16.7 Å². The fourth-order valence-electron chi connectivity index (χ4n) is 3.33. The van der Waals surface area contributed by atoms with E-state index >= 15 is 0 Å². The summed E-state index contributed by atoms with van der Waals surface area (Å²) in [6.07, 6.45) is 0. The molecule has 1 unspecified atom stereocenters. The van der Waals surface area contributed by atoms with Crippen LogP contribution in [-0.4, -0.2) is 12.6 Å². The van der Waals surface area contributed by atoms with Crippen LogP contribution in [0.4, 0.5) is 4.39 Å². The summed E-state index contributed by atoms with van der Waals surface area (Å²) in [6.45, 7) is 3.47. The fourth-order valence-corrected chi connectivity index (χ4v) is 3.33. The molecule has 0 spiro atoms. The molecule has 0 fully saturated rings. The van der Waals surface area contributed by atoms with E-state index in [9.17, 15) is 14.4 Å². The number of hydrogen-bond acceptors (Lipinski definition) is 5. The van der Waals surface area contributed by atoms with Gasteiger partial charge in [0.15, 0.2) is 0 Å². The smallest absolute Gasteiger partial charge is 0.338 e. The molecule has 1 heterocycles. The number of hydrogen-bond donors (Lipinski definition) is 1. The van der Waals surface area contributed by atoms with Crippen LogP contribution in [0.25, 0.3) is 11.1 Å². The van der Waals surface area contributed by atoms with E-state index in [1.165, 1.54) is 12.1 Å². The van der Waals surface area contributed by atoms with E-state index in [1.54, 1.807) is 38.1 Å². The summed E-state index contributed by atoms with van der Waals surface area (Å²) in [4.78, 5) is 12.7. The summed E-state index contributed by atoms with van der Waals surface area (Å²) < 4.78 is 24.4. The van der Waals surface area contributed by atoms with Gasteiger partial charge < -0.3 is 15.2 Å². The zero-order valence-electron chi connectivity index (χ0n) is 15.5. The maximum atomic E-state index is 13.8. The van der Waals surface area contributed by atoms with Gasteiger partial charge in [-0.05, 0) is 42.7 Å². The van der Waals surface area contributed by atoms with Crippen molar-refractivity contribution in [3.63, 3.8) is 0 Å². The highest BCUT2D eigenvalue weighted by molar-refractivity contribution is 5.93. The standard InChI is InChI=1S/C22H19FN2O3/c1-3-27-22(26)19-13(2)28-21(25)18(12-24)20(19)17-10-5-4-9-16(17)14-7-6-8-15(23)11-14/h4-11,20H,3,25H2,1-2H3. The number of nitriles is 1. The van der Waals surface area contributed by atoms with Gasteiger partial charge in [-0.3, -0.25) is 0 Å². The largest absolute Gasteiger partial charge is 0.463 e. The molecule has 1 aliphatic heterocycles. The van der Waals surface area contributed by atoms with Crippen molar-refractivity contribution in [3.8, 4) is 17.2 Å². The molecule has 28 heavy (non-hydrogen) atoms. The van der Waals surface area contributed by atoms with Crippen LogP contribution in [0, 0.1) is 17.1 Å². The maximum Gasteiger partial charge on any atom is 0.338 e. The summed E-state index contributed by atoms with van der Waals surface area (Å²) in [6, 6.07) is 15.4. The molecule has 0 aliphatic carbocycles. The first-order chi connectivity index (χ1) is 13.5. The SMILES string of the molecule is CCOC(=O)C1=C(C)OC(N)=C(C#N)C1c1ccccc1-c1cccc(F)c1. The molecule has 0 radical (unpaired) electrons. The van der Waals surface area contributed by atoms with E-state index < -0.39 is 11.9 Å². The van der Waals surface area contributed by atoms with Crippen LogP contribution in [0.15, 0.2) is 71.3 Å². The van der Waals surface area contributed by atoms with Crippen molar-refractivity contribution in [3.05, 3.63) is 82.7 Å². The van der Waals surface area contributed by atoms with Crippen molar-refractivity contribution in [1.29, 1.82) is 5.26 Å². The van der Waals surface area contributed by atoms with Crippen LogP contribution >= 0.6 is 0 Å². The summed E-state index contributed by atoms with van der Waals surface area (Å²) >= 11 is 0. The van der Waals surface area contributed by atoms with Crippen LogP contribution < -0.4 is 5.73 Å². The third-order valence-corrected chi connectivity index (χ3v) is 4.51. The summed E-state index contributed by atoms with van der Waals surface area (Å²) in [7, 11) is 0. The van der Waals surface area contributed by atoms with Gasteiger partial charge >= 0.3 is 5.97 Å². The summed E-state index contributed by atoms with van der Waals surface area (Å²) in [5.74, 6) is -1.54. The van der Waals surface area contributed by atoms with Crippen LogP contribution in [0.5, 0.6) is 0 Å². The van der Waals surface area contributed by atoms with E-state index in [4.69, 9.17) is 15.2 Å². The lowest BCUT2D eigenvalue weighted by molar-refractivity contribution is -0.139. The highest BCUT2D eigenvalue weighted by Crippen LogP contribution is 2.43. The highest BCUT2D eigenvalue weighted by Gasteiger charge is 2.37. The minimum absolute atomic E-state index is 0.0629. The number of benzene rings is 2. The van der Waals surface area contributed by atoms with Crippen molar-refractivity contribution in [2.45, 2.75) is 19.8 Å². The van der Waals surface area contributed by atoms with E-state index in [2.05, 4.69) is 6.07 Å². The van der Waals surface area contributed by atoms with Crippen LogP contribution in [0.2, 0.25) is 0 Å². The molecule has 0 amide bonds. The van der Waals surface area contributed by atoms with E-state index in [-0.39, 0.29) is 35.2 Å². The Bertz CT molecular complexity index is 1030. The number of carbonyl (C=O) groups is 1. The molecule has 0 bridgehead atoms. The average molecular weight is 378 g/mol. The topological polar surface area (TPSA) is 85.3 Å². The fraction of sp³-hybridized carbons (Fsp3) is 0.182. The number of ether oxygens (including phenoxy) is 2. The first-order valence-corrected chi connectivity index (χ1v) is 8.78. The van der Waals surface area contributed by atoms with Gasteiger partial charge in [0.25, 0.3) is 0 Å². The van der Waals surface area contributed by atoms with Crippen molar-refractivity contribution in [2.24, 2.45) is 5.73 Å². The molecule has 1 aliphatic rings. The Morgan fingerprint density at radius 1 is 1.29 bits per heavy atom. The number of nitrogens with two attached hydrogens (primary N) is 1. The predicted molar refractivity (Wildman–Crippen MR) is 102 cm³/mol. The molecule has 6 heteroatoms. The second-order valence-corrected chi connectivity index (χ2v) is 6.21. The van der Waals surface area contributed by atoms with Gasteiger partial charge in [0.1, 0.15) is 23.2 Å². The first kappa shape index (κ1) is 19.2. The van der Waals surface area contributed by atoms with Gasteiger partial charge in [-0.2, -0.15) is 5.26 Å². The van der Waals surface area contributed by atoms with Gasteiger partial charge in [0.2, 0.25) is 5.88 Å². The van der Waals surface area contributed by atoms with E-state index in [1.807, 2.05) is 12.1 Å². The molecule has 1 atom stereocenters. The number of nitrogens with zero attached hydrogens (tertiary/aromatic N) is 1. The average Bonchev–Trinajstić information content (AvgIpc) is 2.67. The van der Waals surface area contributed by atoms with Crippen molar-refractivity contribution in [1.82, 2.24) is 0 Å². The normalized spacial score (nSPS) is 16.4. The van der Waals surface area contributed by atoms with Crippen LogP contribution in [0.1, 0.15) is 25.3 Å². The van der Waals surface area contributed by atoms with Gasteiger partial charge in [-0.15, -0.1) is 0 Å². The summed E-state index contributed by atoms with van der Waals surface area (Å²) in [5.41, 5.74) is 8.20. The quantitative estimate of drug-likeness (QED) is 0.808. The van der Waals surface area contributed by atoms with E-state index in [0.717, 1.165) is 0 Å². The molecular weight excluding hydrogens is 359 g/mol. The Morgan fingerprint density at radius 3 is 2.71 bits per heavy atom. The minimum Gasteiger partial charge on any atom is -0.463 e. The highest BCUT2D eigenvalue weighted by atomic mass is 19.1. The second kappa shape index (κ2) is 7.97. The lowest BCUT2D eigenvalue weighted by Gasteiger charge is -2.28. The Kier molecular flexibility index (Phi) is 5.46. The third-order valence-electron chi connectivity index (χ3n) is 4.51. The monoisotopic (exact) mass is 378 g/mol. The molecule has 3 rings (SSSR count). The van der Waals surface area contributed by atoms with Gasteiger partial charge in [-0.1, -0.05) is 36.4 Å². The summed E-state index contributed by atoms with van der Waals surface area (Å²) in [5, 5.41) is 9.71. The zero-order chi connectivity index (χ0) is 20.3. The number of halogens is 1. The van der Waals surface area contributed by atoms with Crippen molar-refractivity contribution < 1.29 is 18.7 Å². The van der Waals surface area contributed by atoms with Gasteiger partial charge in [0.05, 0.1) is 18.1 Å². The maximum absolute atomic E-state index is 13.8. The number of rotatable bonds is 4. The van der Waals surface area contributed by atoms with Crippen molar-refractivity contribution in [2.75, 3.05) is 6.61 Å². The molecule has 0 saturated heterocycles. The van der Waals surface area contributed by atoms with Crippen LogP contribution in [0.3, 0.4) is 0 Å². The molecule has 2 aromatic rings. The molecule has 142 valence electrons. The van der Waals surface area contributed by atoms with Gasteiger partial charge in [0, 0.05) is 0 Å². The number of allylic oxidation sites excluding steroid dienone is 2. The molecule has 0 aromatic heterocycles. The Morgan fingerprint density at radius 2 is 2.04 bits per heavy atom. The van der Waals surface area contributed by atoms with Crippen LogP contribution in [-0.2, 0) is 14.3 Å². The minimum atomic E-state index is -0.780. The number of carbonyl (C=O) groups excluding carboxylic acids is 1. The Hall–Kier alpha value is -3.59.